The van der Waals surface area contributed by atoms with E-state index < -0.39 is 0 Å². The Morgan fingerprint density at radius 2 is 2.14 bits per heavy atom. The van der Waals surface area contributed by atoms with Crippen molar-refractivity contribution in [3.05, 3.63) is 34.9 Å². The molecule has 0 spiro atoms. The number of benzene rings is 1. The minimum atomic E-state index is 0.515. The maximum Gasteiger partial charge on any atom is 0.271 e. The number of ether oxygens (including phenoxy) is 1. The van der Waals surface area contributed by atoms with Gasteiger partial charge >= 0.3 is 0 Å². The highest BCUT2D eigenvalue weighted by Crippen LogP contribution is 2.31. The molecule has 0 bridgehead atoms. The molecule has 2 heterocycles. The molecule has 1 unspecified atom stereocenters. The molecule has 1 fully saturated rings. The Bertz CT molecular complexity index is 641. The van der Waals surface area contributed by atoms with Gasteiger partial charge in [0.25, 0.3) is 5.88 Å². The van der Waals surface area contributed by atoms with Crippen molar-refractivity contribution in [2.45, 2.75) is 52.7 Å². The Hall–Kier alpha value is -1.62. The Labute approximate surface area is 136 Å². The number of aromatic nitrogens is 2. The van der Waals surface area contributed by atoms with Crippen LogP contribution in [-0.2, 0) is 6.61 Å². The van der Waals surface area contributed by atoms with Crippen molar-refractivity contribution in [2.75, 3.05) is 11.4 Å². The minimum Gasteiger partial charge on any atom is -0.470 e. The van der Waals surface area contributed by atoms with Gasteiger partial charge in [0, 0.05) is 12.6 Å². The lowest BCUT2D eigenvalue weighted by Gasteiger charge is -2.33. The third-order valence-electron chi connectivity index (χ3n) is 4.39. The van der Waals surface area contributed by atoms with Crippen LogP contribution in [0.25, 0.3) is 0 Å². The molecule has 22 heavy (non-hydrogen) atoms. The number of hydrogen-bond donors (Lipinski definition) is 0. The quantitative estimate of drug-likeness (QED) is 0.850. The monoisotopic (exact) mass is 317 g/mol. The normalized spacial score (nSPS) is 18.5. The van der Waals surface area contributed by atoms with E-state index in [1.54, 1.807) is 0 Å². The lowest BCUT2D eigenvalue weighted by molar-refractivity contribution is 0.294. The average molecular weight is 317 g/mol. The van der Waals surface area contributed by atoms with Crippen molar-refractivity contribution in [3.63, 3.8) is 0 Å². The Kier molecular flexibility index (Phi) is 4.62. The first-order valence-electron chi connectivity index (χ1n) is 7.93. The number of piperidine rings is 1. The summed E-state index contributed by atoms with van der Waals surface area (Å²) in [4.78, 5) is 2.34. The van der Waals surface area contributed by atoms with Crippen molar-refractivity contribution in [3.8, 4) is 5.88 Å². The fourth-order valence-electron chi connectivity index (χ4n) is 2.96. The summed E-state index contributed by atoms with van der Waals surface area (Å²) in [7, 11) is 0. The topological polar surface area (TPSA) is 38.3 Å². The van der Waals surface area contributed by atoms with Gasteiger partial charge in [0.2, 0.25) is 5.82 Å². The molecule has 1 aliphatic rings. The van der Waals surface area contributed by atoms with E-state index in [1.807, 2.05) is 0 Å². The Morgan fingerprint density at radius 3 is 2.95 bits per heavy atom. The summed E-state index contributed by atoms with van der Waals surface area (Å²) in [5, 5.41) is 0. The molecule has 0 aliphatic carbocycles. The van der Waals surface area contributed by atoms with Crippen molar-refractivity contribution in [2.24, 2.45) is 0 Å². The fourth-order valence-corrected chi connectivity index (χ4v) is 3.47. The van der Waals surface area contributed by atoms with E-state index in [1.165, 1.54) is 47.7 Å². The van der Waals surface area contributed by atoms with Crippen LogP contribution < -0.4 is 9.64 Å². The molecule has 0 saturated carbocycles. The van der Waals surface area contributed by atoms with Crippen LogP contribution in [0, 0.1) is 13.8 Å². The van der Waals surface area contributed by atoms with E-state index in [0.29, 0.717) is 18.5 Å². The highest BCUT2D eigenvalue weighted by molar-refractivity contribution is 6.99. The molecule has 5 heteroatoms. The second-order valence-corrected chi connectivity index (χ2v) is 6.68. The third-order valence-corrected chi connectivity index (χ3v) is 4.89. The maximum absolute atomic E-state index is 6.00. The zero-order valence-corrected chi connectivity index (χ0v) is 14.3. The van der Waals surface area contributed by atoms with Gasteiger partial charge in [-0.2, -0.15) is 4.37 Å². The van der Waals surface area contributed by atoms with Gasteiger partial charge in [-0.3, -0.25) is 0 Å². The van der Waals surface area contributed by atoms with Crippen molar-refractivity contribution < 1.29 is 4.74 Å². The van der Waals surface area contributed by atoms with Gasteiger partial charge in [-0.15, -0.1) is 4.37 Å². The van der Waals surface area contributed by atoms with Gasteiger partial charge in [-0.25, -0.2) is 0 Å². The number of rotatable bonds is 4. The van der Waals surface area contributed by atoms with E-state index in [0.717, 1.165) is 12.4 Å². The first kappa shape index (κ1) is 15.3. The molecule has 118 valence electrons. The summed E-state index contributed by atoms with van der Waals surface area (Å²) < 4.78 is 14.8. The van der Waals surface area contributed by atoms with E-state index in [4.69, 9.17) is 4.74 Å². The van der Waals surface area contributed by atoms with Crippen LogP contribution in [0.1, 0.15) is 42.9 Å². The number of aryl methyl sites for hydroxylation is 2. The zero-order valence-electron chi connectivity index (χ0n) is 13.5. The lowest BCUT2D eigenvalue weighted by atomic mass is 10.0. The molecule has 0 N–H and O–H groups in total. The largest absolute Gasteiger partial charge is 0.470 e. The lowest BCUT2D eigenvalue weighted by Crippen LogP contribution is -2.37. The Morgan fingerprint density at radius 1 is 1.27 bits per heavy atom. The molecule has 1 aromatic carbocycles. The van der Waals surface area contributed by atoms with Crippen LogP contribution in [0.3, 0.4) is 0 Å². The molecule has 1 aromatic heterocycles. The summed E-state index contributed by atoms with van der Waals surface area (Å²) in [5.41, 5.74) is 3.72. The second kappa shape index (κ2) is 6.65. The van der Waals surface area contributed by atoms with Gasteiger partial charge in [0.05, 0.1) is 11.7 Å². The highest BCUT2D eigenvalue weighted by Gasteiger charge is 2.24. The van der Waals surface area contributed by atoms with Crippen molar-refractivity contribution in [1.82, 2.24) is 8.75 Å². The van der Waals surface area contributed by atoms with Crippen molar-refractivity contribution >= 4 is 17.5 Å². The van der Waals surface area contributed by atoms with Crippen LogP contribution in [0.15, 0.2) is 18.2 Å². The van der Waals surface area contributed by atoms with Gasteiger partial charge in [0.1, 0.15) is 6.61 Å². The number of anilines is 1. The highest BCUT2D eigenvalue weighted by atomic mass is 32.1. The maximum atomic E-state index is 6.00. The average Bonchev–Trinajstić information content (AvgIpc) is 2.97. The minimum absolute atomic E-state index is 0.515. The molecule has 1 atom stereocenters. The fraction of sp³-hybridized carbons (Fsp3) is 0.529. The molecule has 3 rings (SSSR count). The summed E-state index contributed by atoms with van der Waals surface area (Å²) in [6, 6.07) is 6.96. The SMILES string of the molecule is Cc1ccc(C)c(COc2nsnc2N2CCCCC2C)c1. The molecule has 0 radical (unpaired) electrons. The summed E-state index contributed by atoms with van der Waals surface area (Å²) >= 11 is 1.24. The van der Waals surface area contributed by atoms with Gasteiger partial charge in [0.15, 0.2) is 0 Å². The molecular formula is C17H23N3OS. The van der Waals surface area contributed by atoms with Crippen LogP contribution >= 0.6 is 11.7 Å². The number of hydrogen-bond acceptors (Lipinski definition) is 5. The first-order valence-corrected chi connectivity index (χ1v) is 8.66. The van der Waals surface area contributed by atoms with Crippen LogP contribution in [0.4, 0.5) is 5.82 Å². The predicted octanol–water partition coefficient (Wildman–Crippen LogP) is 4.11. The van der Waals surface area contributed by atoms with Gasteiger partial charge in [-0.05, 0) is 51.2 Å². The van der Waals surface area contributed by atoms with Crippen LogP contribution in [0.5, 0.6) is 5.88 Å². The third kappa shape index (κ3) is 3.24. The van der Waals surface area contributed by atoms with E-state index in [2.05, 4.69) is 52.6 Å². The smallest absolute Gasteiger partial charge is 0.271 e. The zero-order chi connectivity index (χ0) is 15.5. The predicted molar refractivity (Wildman–Crippen MR) is 90.8 cm³/mol. The van der Waals surface area contributed by atoms with Crippen LogP contribution in [0.2, 0.25) is 0 Å². The molecule has 1 saturated heterocycles. The second-order valence-electron chi connectivity index (χ2n) is 6.15. The summed E-state index contributed by atoms with van der Waals surface area (Å²) in [5.74, 6) is 1.60. The van der Waals surface area contributed by atoms with Gasteiger partial charge in [-0.1, -0.05) is 23.8 Å². The molecular weight excluding hydrogens is 294 g/mol. The van der Waals surface area contributed by atoms with Crippen LogP contribution in [-0.4, -0.2) is 21.3 Å². The standard InChI is InChI=1S/C17H23N3OS/c1-12-7-8-13(2)15(10-12)11-21-17-16(18-22-19-17)20-9-5-4-6-14(20)3/h7-8,10,14H,4-6,9,11H2,1-3H3. The molecule has 0 amide bonds. The first-order chi connectivity index (χ1) is 10.6. The summed E-state index contributed by atoms with van der Waals surface area (Å²) in [6.45, 7) is 8.08. The molecule has 2 aromatic rings. The van der Waals surface area contributed by atoms with E-state index in [9.17, 15) is 0 Å². The van der Waals surface area contributed by atoms with E-state index >= 15 is 0 Å². The van der Waals surface area contributed by atoms with Gasteiger partial charge < -0.3 is 9.64 Å². The Balaban J connectivity index is 1.74. The van der Waals surface area contributed by atoms with Crippen molar-refractivity contribution in [1.29, 1.82) is 0 Å². The van der Waals surface area contributed by atoms with E-state index in [-0.39, 0.29) is 0 Å². The molecule has 1 aliphatic heterocycles. The molecule has 4 nitrogen and oxygen atoms in total. The number of nitrogens with zero attached hydrogens (tertiary/aromatic N) is 3. The summed E-state index contributed by atoms with van der Waals surface area (Å²) in [6.07, 6.45) is 3.74.